The van der Waals surface area contributed by atoms with Crippen LogP contribution in [0.25, 0.3) is 11.5 Å². The average molecular weight is 292 g/mol. The molecule has 0 aliphatic rings. The van der Waals surface area contributed by atoms with Crippen molar-refractivity contribution in [1.82, 2.24) is 15.0 Å². The third-order valence-corrected chi connectivity index (χ3v) is 3.90. The topological polar surface area (TPSA) is 81.3 Å². The molecule has 2 N–H and O–H groups in total. The van der Waals surface area contributed by atoms with Gasteiger partial charge in [-0.25, -0.2) is 0 Å². The van der Waals surface area contributed by atoms with Crippen molar-refractivity contribution in [3.63, 3.8) is 0 Å². The summed E-state index contributed by atoms with van der Waals surface area (Å²) in [4.78, 5) is 6.68. The maximum Gasteiger partial charge on any atom is 0.261 e. The van der Waals surface area contributed by atoms with Crippen LogP contribution in [0.1, 0.15) is 42.8 Å². The SMILES string of the molecule is CCN(CC)CC(N)c1noc(-c2c(C)oc(C)c2C)n1. The fourth-order valence-corrected chi connectivity index (χ4v) is 2.44. The predicted octanol–water partition coefficient (Wildman–Crippen LogP) is 2.60. The van der Waals surface area contributed by atoms with E-state index in [1.807, 2.05) is 20.8 Å². The molecular formula is C15H24N4O2. The molecule has 116 valence electrons. The standard InChI is InChI=1S/C15H24N4O2/c1-6-19(7-2)8-12(16)14-17-15(21-18-14)13-9(3)10(4)20-11(13)5/h12H,6-8,16H2,1-5H3. The summed E-state index contributed by atoms with van der Waals surface area (Å²) in [5, 5.41) is 4.03. The van der Waals surface area contributed by atoms with Crippen molar-refractivity contribution in [2.75, 3.05) is 19.6 Å². The zero-order valence-electron chi connectivity index (χ0n) is 13.4. The van der Waals surface area contributed by atoms with E-state index in [9.17, 15) is 0 Å². The van der Waals surface area contributed by atoms with Gasteiger partial charge in [0.2, 0.25) is 0 Å². The first-order chi connectivity index (χ1) is 9.97. The summed E-state index contributed by atoms with van der Waals surface area (Å²) in [6, 6.07) is -0.254. The lowest BCUT2D eigenvalue weighted by Gasteiger charge is -2.20. The van der Waals surface area contributed by atoms with Crippen LogP contribution in [0.4, 0.5) is 0 Å². The number of furan rings is 1. The Balaban J connectivity index is 2.21. The molecular weight excluding hydrogens is 268 g/mol. The van der Waals surface area contributed by atoms with Crippen LogP contribution in [0.15, 0.2) is 8.94 Å². The highest BCUT2D eigenvalue weighted by Crippen LogP contribution is 2.30. The molecule has 6 heteroatoms. The van der Waals surface area contributed by atoms with Crippen molar-refractivity contribution in [2.24, 2.45) is 5.73 Å². The predicted molar refractivity (Wildman–Crippen MR) is 80.9 cm³/mol. The second-order valence-corrected chi connectivity index (χ2v) is 5.26. The van der Waals surface area contributed by atoms with E-state index in [-0.39, 0.29) is 6.04 Å². The number of likely N-dealkylation sites (N-methyl/N-ethyl adjacent to an activating group) is 1. The number of nitrogens with two attached hydrogens (primary N) is 1. The first-order valence-corrected chi connectivity index (χ1v) is 7.36. The number of aromatic nitrogens is 2. The molecule has 0 amide bonds. The smallest absolute Gasteiger partial charge is 0.261 e. The van der Waals surface area contributed by atoms with Gasteiger partial charge in [-0.15, -0.1) is 0 Å². The van der Waals surface area contributed by atoms with E-state index in [0.717, 1.165) is 35.7 Å². The maximum absolute atomic E-state index is 6.17. The quantitative estimate of drug-likeness (QED) is 0.881. The first kappa shape index (κ1) is 15.7. The van der Waals surface area contributed by atoms with E-state index in [0.29, 0.717) is 18.3 Å². The summed E-state index contributed by atoms with van der Waals surface area (Å²) in [6.07, 6.45) is 0. The summed E-state index contributed by atoms with van der Waals surface area (Å²) in [5.74, 6) is 2.67. The molecule has 0 aromatic carbocycles. The van der Waals surface area contributed by atoms with Crippen LogP contribution in [-0.4, -0.2) is 34.7 Å². The molecule has 0 saturated carbocycles. The molecule has 21 heavy (non-hydrogen) atoms. The minimum absolute atomic E-state index is 0.254. The van der Waals surface area contributed by atoms with Crippen LogP contribution in [0.5, 0.6) is 0 Å². The van der Waals surface area contributed by atoms with Gasteiger partial charge >= 0.3 is 0 Å². The van der Waals surface area contributed by atoms with Crippen LogP contribution >= 0.6 is 0 Å². The highest BCUT2D eigenvalue weighted by molar-refractivity contribution is 5.61. The molecule has 6 nitrogen and oxygen atoms in total. The zero-order valence-corrected chi connectivity index (χ0v) is 13.4. The average Bonchev–Trinajstić information content (AvgIpc) is 3.02. The zero-order chi connectivity index (χ0) is 15.6. The number of rotatable bonds is 6. The lowest BCUT2D eigenvalue weighted by Crippen LogP contribution is -2.32. The van der Waals surface area contributed by atoms with Crippen LogP contribution < -0.4 is 5.73 Å². The van der Waals surface area contributed by atoms with Gasteiger partial charge in [-0.1, -0.05) is 19.0 Å². The Bertz CT molecular complexity index is 599. The van der Waals surface area contributed by atoms with Crippen molar-refractivity contribution in [1.29, 1.82) is 0 Å². The van der Waals surface area contributed by atoms with Crippen molar-refractivity contribution in [3.05, 3.63) is 22.9 Å². The molecule has 0 spiro atoms. The molecule has 0 saturated heterocycles. The molecule has 1 unspecified atom stereocenters. The van der Waals surface area contributed by atoms with Gasteiger partial charge in [0, 0.05) is 12.1 Å². The van der Waals surface area contributed by atoms with E-state index in [2.05, 4.69) is 28.9 Å². The van der Waals surface area contributed by atoms with Gasteiger partial charge < -0.3 is 19.6 Å². The lowest BCUT2D eigenvalue weighted by molar-refractivity contribution is 0.278. The Morgan fingerprint density at radius 2 is 1.81 bits per heavy atom. The van der Waals surface area contributed by atoms with Gasteiger partial charge in [0.25, 0.3) is 5.89 Å². The van der Waals surface area contributed by atoms with Crippen LogP contribution in [0, 0.1) is 20.8 Å². The van der Waals surface area contributed by atoms with Crippen LogP contribution in [0.3, 0.4) is 0 Å². The lowest BCUT2D eigenvalue weighted by atomic mass is 10.1. The Labute approximate surface area is 125 Å². The molecule has 0 aliphatic heterocycles. The fraction of sp³-hybridized carbons (Fsp3) is 0.600. The molecule has 0 bridgehead atoms. The summed E-state index contributed by atoms with van der Waals surface area (Å²) < 4.78 is 11.0. The second-order valence-electron chi connectivity index (χ2n) is 5.26. The minimum atomic E-state index is -0.254. The van der Waals surface area contributed by atoms with E-state index in [1.54, 1.807) is 0 Å². The van der Waals surface area contributed by atoms with Gasteiger partial charge in [0.05, 0.1) is 11.6 Å². The number of nitrogens with zero attached hydrogens (tertiary/aromatic N) is 3. The molecule has 2 aromatic rings. The number of aryl methyl sites for hydroxylation is 2. The van der Waals surface area contributed by atoms with Gasteiger partial charge in [0.15, 0.2) is 5.82 Å². The monoisotopic (exact) mass is 292 g/mol. The van der Waals surface area contributed by atoms with Crippen molar-refractivity contribution in [3.8, 4) is 11.5 Å². The van der Waals surface area contributed by atoms with Gasteiger partial charge in [-0.05, 0) is 33.9 Å². The fourth-order valence-electron chi connectivity index (χ4n) is 2.44. The summed E-state index contributed by atoms with van der Waals surface area (Å²) in [7, 11) is 0. The molecule has 2 heterocycles. The third-order valence-electron chi connectivity index (χ3n) is 3.90. The molecule has 0 fully saturated rings. The normalized spacial score (nSPS) is 13.1. The number of hydrogen-bond donors (Lipinski definition) is 1. The van der Waals surface area contributed by atoms with E-state index in [1.165, 1.54) is 0 Å². The summed E-state index contributed by atoms with van der Waals surface area (Å²) in [6.45, 7) is 12.7. The van der Waals surface area contributed by atoms with Gasteiger partial charge in [-0.2, -0.15) is 4.98 Å². The second kappa shape index (κ2) is 6.41. The Hall–Kier alpha value is -1.66. The minimum Gasteiger partial charge on any atom is -0.466 e. The Kier molecular flexibility index (Phi) is 4.80. The van der Waals surface area contributed by atoms with E-state index in [4.69, 9.17) is 14.7 Å². The Morgan fingerprint density at radius 1 is 1.14 bits per heavy atom. The van der Waals surface area contributed by atoms with Crippen LogP contribution in [0.2, 0.25) is 0 Å². The van der Waals surface area contributed by atoms with Gasteiger partial charge in [-0.3, -0.25) is 0 Å². The highest BCUT2D eigenvalue weighted by atomic mass is 16.5. The molecule has 2 rings (SSSR count). The molecule has 0 radical (unpaired) electrons. The molecule has 2 aromatic heterocycles. The Morgan fingerprint density at radius 3 is 2.33 bits per heavy atom. The largest absolute Gasteiger partial charge is 0.466 e. The first-order valence-electron chi connectivity index (χ1n) is 7.36. The van der Waals surface area contributed by atoms with Gasteiger partial charge in [0.1, 0.15) is 11.5 Å². The maximum atomic E-state index is 6.17. The van der Waals surface area contributed by atoms with Crippen molar-refractivity contribution >= 4 is 0 Å². The van der Waals surface area contributed by atoms with Crippen molar-refractivity contribution < 1.29 is 8.94 Å². The van der Waals surface area contributed by atoms with Crippen LogP contribution in [-0.2, 0) is 0 Å². The van der Waals surface area contributed by atoms with E-state index < -0.39 is 0 Å². The molecule has 1 atom stereocenters. The number of hydrogen-bond acceptors (Lipinski definition) is 6. The van der Waals surface area contributed by atoms with E-state index >= 15 is 0 Å². The highest BCUT2D eigenvalue weighted by Gasteiger charge is 2.22. The van der Waals surface area contributed by atoms with Crippen molar-refractivity contribution in [2.45, 2.75) is 40.7 Å². The summed E-state index contributed by atoms with van der Waals surface area (Å²) in [5.41, 5.74) is 8.07. The third kappa shape index (κ3) is 3.16. The summed E-state index contributed by atoms with van der Waals surface area (Å²) >= 11 is 0. The molecule has 0 aliphatic carbocycles.